The average molecular weight is 305 g/mol. The second kappa shape index (κ2) is 7.58. The molecule has 106 valence electrons. The van der Waals surface area contributed by atoms with Crippen LogP contribution in [0.1, 0.15) is 20.3 Å². The highest BCUT2D eigenvalue weighted by Crippen LogP contribution is 2.32. The Balaban J connectivity index is 2.49. The number of hydrogen-bond acceptors (Lipinski definition) is 3. The Kier molecular flexibility index (Phi) is 6.42. The summed E-state index contributed by atoms with van der Waals surface area (Å²) in [6.45, 7) is 5.10. The average Bonchev–Trinajstić information content (AvgIpc) is 2.29. The molecule has 0 aliphatic carbocycles. The molecule has 0 heterocycles. The first kappa shape index (κ1) is 16.1. The molecule has 3 N–H and O–H groups in total. The molecule has 0 radical (unpaired) electrons. The van der Waals surface area contributed by atoms with Crippen molar-refractivity contribution in [3.8, 4) is 0 Å². The van der Waals surface area contributed by atoms with Gasteiger partial charge in [0.25, 0.3) is 0 Å². The van der Waals surface area contributed by atoms with E-state index in [9.17, 15) is 4.79 Å². The number of amides is 1. The highest BCUT2D eigenvalue weighted by Gasteiger charge is 2.11. The van der Waals surface area contributed by atoms with Crippen LogP contribution in [-0.2, 0) is 9.53 Å². The van der Waals surface area contributed by atoms with Gasteiger partial charge in [-0.1, -0.05) is 37.0 Å². The minimum absolute atomic E-state index is 0.197. The molecule has 0 atom stereocenters. The molecule has 0 spiro atoms. The standard InChI is InChI=1S/C13H18Cl2N2O2/c1-8(2)7-19-4-3-12(18)17-13-10(14)5-9(16)6-11(13)15/h5-6,8H,3-4,7,16H2,1-2H3,(H,17,18). The maximum absolute atomic E-state index is 11.7. The van der Waals surface area contributed by atoms with Crippen molar-refractivity contribution >= 4 is 40.5 Å². The molecule has 0 unspecified atom stereocenters. The molecule has 1 aromatic carbocycles. The molecule has 0 saturated carbocycles. The molecule has 1 rings (SSSR count). The van der Waals surface area contributed by atoms with Crippen molar-refractivity contribution in [2.75, 3.05) is 24.3 Å². The van der Waals surface area contributed by atoms with Crippen LogP contribution in [0.5, 0.6) is 0 Å². The van der Waals surface area contributed by atoms with Crippen LogP contribution in [0.3, 0.4) is 0 Å². The summed E-state index contributed by atoms with van der Waals surface area (Å²) >= 11 is 11.9. The third-order valence-electron chi connectivity index (χ3n) is 2.25. The van der Waals surface area contributed by atoms with Gasteiger partial charge in [-0.05, 0) is 18.1 Å². The molecule has 0 bridgehead atoms. The summed E-state index contributed by atoms with van der Waals surface area (Å²) in [5.41, 5.74) is 6.42. The normalized spacial score (nSPS) is 10.8. The van der Waals surface area contributed by atoms with Gasteiger partial charge in [0.15, 0.2) is 0 Å². The molecule has 0 aliphatic rings. The van der Waals surface area contributed by atoms with Crippen LogP contribution >= 0.6 is 23.2 Å². The van der Waals surface area contributed by atoms with Crippen molar-refractivity contribution in [2.24, 2.45) is 5.92 Å². The lowest BCUT2D eigenvalue weighted by molar-refractivity contribution is -0.117. The summed E-state index contributed by atoms with van der Waals surface area (Å²) in [4.78, 5) is 11.7. The summed E-state index contributed by atoms with van der Waals surface area (Å²) in [6, 6.07) is 3.08. The molecule has 0 aliphatic heterocycles. The number of anilines is 2. The number of carbonyl (C=O) groups is 1. The number of halogens is 2. The lowest BCUT2D eigenvalue weighted by atomic mass is 10.2. The van der Waals surface area contributed by atoms with Crippen molar-refractivity contribution < 1.29 is 9.53 Å². The van der Waals surface area contributed by atoms with Gasteiger partial charge >= 0.3 is 0 Å². The topological polar surface area (TPSA) is 64.3 Å². The van der Waals surface area contributed by atoms with Gasteiger partial charge in [0.2, 0.25) is 5.91 Å². The summed E-state index contributed by atoms with van der Waals surface area (Å²) < 4.78 is 5.34. The molecule has 19 heavy (non-hydrogen) atoms. The largest absolute Gasteiger partial charge is 0.399 e. The second-order valence-corrected chi connectivity index (χ2v) is 5.44. The molecule has 4 nitrogen and oxygen atoms in total. The van der Waals surface area contributed by atoms with Crippen LogP contribution in [0.2, 0.25) is 10.0 Å². The maximum Gasteiger partial charge on any atom is 0.226 e. The Morgan fingerprint density at radius 3 is 2.47 bits per heavy atom. The third-order valence-corrected chi connectivity index (χ3v) is 2.85. The monoisotopic (exact) mass is 304 g/mol. The lowest BCUT2D eigenvalue weighted by Crippen LogP contribution is -2.15. The predicted molar refractivity (Wildman–Crippen MR) is 79.8 cm³/mol. The number of ether oxygens (including phenoxy) is 1. The van der Waals surface area contributed by atoms with Gasteiger partial charge in [-0.25, -0.2) is 0 Å². The van der Waals surface area contributed by atoms with Gasteiger partial charge < -0.3 is 15.8 Å². The van der Waals surface area contributed by atoms with E-state index in [1.165, 1.54) is 12.1 Å². The smallest absolute Gasteiger partial charge is 0.226 e. The fraction of sp³-hybridized carbons (Fsp3) is 0.462. The fourth-order valence-corrected chi connectivity index (χ4v) is 2.00. The Morgan fingerprint density at radius 1 is 1.37 bits per heavy atom. The Hall–Kier alpha value is -0.970. The summed E-state index contributed by atoms with van der Waals surface area (Å²) in [5.74, 6) is 0.251. The van der Waals surface area contributed by atoms with E-state index >= 15 is 0 Å². The van der Waals surface area contributed by atoms with Gasteiger partial charge in [-0.2, -0.15) is 0 Å². The Labute approximate surface area is 123 Å². The number of nitrogens with one attached hydrogen (secondary N) is 1. The van der Waals surface area contributed by atoms with E-state index in [-0.39, 0.29) is 12.3 Å². The van der Waals surface area contributed by atoms with E-state index in [1.807, 2.05) is 13.8 Å². The number of rotatable bonds is 6. The van der Waals surface area contributed by atoms with E-state index in [4.69, 9.17) is 33.7 Å². The van der Waals surface area contributed by atoms with Gasteiger partial charge in [-0.15, -0.1) is 0 Å². The van der Waals surface area contributed by atoms with Crippen molar-refractivity contribution in [2.45, 2.75) is 20.3 Å². The number of nitrogen functional groups attached to an aromatic ring is 1. The van der Waals surface area contributed by atoms with Gasteiger partial charge in [0.1, 0.15) is 0 Å². The molecule has 1 amide bonds. The molecule has 6 heteroatoms. The lowest BCUT2D eigenvalue weighted by Gasteiger charge is -2.11. The Bertz CT molecular complexity index is 427. The third kappa shape index (κ3) is 5.68. The zero-order valence-corrected chi connectivity index (χ0v) is 12.5. The first-order valence-corrected chi connectivity index (χ1v) is 6.78. The molecule has 0 aromatic heterocycles. The minimum Gasteiger partial charge on any atom is -0.399 e. The van der Waals surface area contributed by atoms with E-state index in [0.29, 0.717) is 40.6 Å². The highest BCUT2D eigenvalue weighted by atomic mass is 35.5. The molecular formula is C13H18Cl2N2O2. The van der Waals surface area contributed by atoms with Crippen LogP contribution in [0, 0.1) is 5.92 Å². The molecule has 0 fully saturated rings. The van der Waals surface area contributed by atoms with E-state index in [2.05, 4.69) is 5.32 Å². The van der Waals surface area contributed by atoms with Crippen LogP contribution in [-0.4, -0.2) is 19.1 Å². The van der Waals surface area contributed by atoms with E-state index < -0.39 is 0 Å². The quantitative estimate of drug-likeness (QED) is 0.623. The summed E-state index contributed by atoms with van der Waals surface area (Å²) in [6.07, 6.45) is 0.254. The predicted octanol–water partition coefficient (Wildman–Crippen LogP) is 3.58. The zero-order chi connectivity index (χ0) is 14.4. The number of nitrogens with two attached hydrogens (primary N) is 1. The van der Waals surface area contributed by atoms with Gasteiger partial charge in [0.05, 0.1) is 28.8 Å². The number of hydrogen-bond donors (Lipinski definition) is 2. The zero-order valence-electron chi connectivity index (χ0n) is 11.0. The number of carbonyl (C=O) groups excluding carboxylic acids is 1. The van der Waals surface area contributed by atoms with E-state index in [0.717, 1.165) is 0 Å². The van der Waals surface area contributed by atoms with Crippen molar-refractivity contribution in [3.63, 3.8) is 0 Å². The fourth-order valence-electron chi connectivity index (χ4n) is 1.40. The van der Waals surface area contributed by atoms with Crippen molar-refractivity contribution in [1.82, 2.24) is 0 Å². The van der Waals surface area contributed by atoms with Crippen molar-refractivity contribution in [1.29, 1.82) is 0 Å². The number of benzene rings is 1. The highest BCUT2D eigenvalue weighted by molar-refractivity contribution is 6.40. The first-order valence-electron chi connectivity index (χ1n) is 6.02. The van der Waals surface area contributed by atoms with Crippen LogP contribution in [0.25, 0.3) is 0 Å². The van der Waals surface area contributed by atoms with Crippen LogP contribution in [0.4, 0.5) is 11.4 Å². The summed E-state index contributed by atoms with van der Waals surface area (Å²) in [5, 5.41) is 3.30. The molecule has 1 aromatic rings. The van der Waals surface area contributed by atoms with Gasteiger partial charge in [-0.3, -0.25) is 4.79 Å². The summed E-state index contributed by atoms with van der Waals surface area (Å²) in [7, 11) is 0. The van der Waals surface area contributed by atoms with E-state index in [1.54, 1.807) is 0 Å². The Morgan fingerprint density at radius 2 is 1.95 bits per heavy atom. The SMILES string of the molecule is CC(C)COCCC(=O)Nc1c(Cl)cc(N)cc1Cl. The van der Waals surface area contributed by atoms with Gasteiger partial charge in [0, 0.05) is 12.3 Å². The second-order valence-electron chi connectivity index (χ2n) is 4.63. The van der Waals surface area contributed by atoms with Crippen LogP contribution < -0.4 is 11.1 Å². The first-order chi connectivity index (χ1) is 8.90. The minimum atomic E-state index is -0.197. The maximum atomic E-state index is 11.7. The van der Waals surface area contributed by atoms with Crippen molar-refractivity contribution in [3.05, 3.63) is 22.2 Å². The molecular weight excluding hydrogens is 287 g/mol. The molecule has 0 saturated heterocycles. The van der Waals surface area contributed by atoms with Crippen LogP contribution in [0.15, 0.2) is 12.1 Å².